The standard InChI is InChI=1S/C10H22NO3/c1-10(2,3)14-9-6-11(12)4-7-13-8-5-11/h12H,4-9H2,1-3H3/q+1. The minimum Gasteiger partial charge on any atom is -0.370 e. The number of nitrogens with zero attached hydrogens (tertiary/aromatic N) is 1. The van der Waals surface area contributed by atoms with Crippen LogP contribution in [0.2, 0.25) is 0 Å². The number of quaternary nitrogens is 1. The zero-order chi connectivity index (χ0) is 10.7. The highest BCUT2D eigenvalue weighted by atomic mass is 16.6. The molecular formula is C10H22NO3+. The van der Waals surface area contributed by atoms with Gasteiger partial charge in [0.1, 0.15) is 19.6 Å². The predicted octanol–water partition coefficient (Wildman–Crippen LogP) is 1.04. The summed E-state index contributed by atoms with van der Waals surface area (Å²) in [6.07, 6.45) is 0. The first-order chi connectivity index (χ1) is 6.41. The highest BCUT2D eigenvalue weighted by Crippen LogP contribution is 2.10. The van der Waals surface area contributed by atoms with Crippen LogP contribution in [-0.4, -0.2) is 54.9 Å². The normalized spacial score (nSPS) is 22.3. The van der Waals surface area contributed by atoms with Crippen LogP contribution in [0, 0.1) is 0 Å². The van der Waals surface area contributed by atoms with Crippen molar-refractivity contribution in [3.8, 4) is 0 Å². The molecule has 4 heteroatoms. The van der Waals surface area contributed by atoms with Gasteiger partial charge in [0, 0.05) is 0 Å². The summed E-state index contributed by atoms with van der Waals surface area (Å²) in [4.78, 5) is 0. The Morgan fingerprint density at radius 3 is 2.36 bits per heavy atom. The van der Waals surface area contributed by atoms with Crippen LogP contribution in [0.1, 0.15) is 20.8 Å². The SMILES string of the molecule is CC(C)(C)OCC[N+]1(O)CCOCC1. The predicted molar refractivity (Wildman–Crippen MR) is 53.2 cm³/mol. The molecule has 1 N–H and O–H groups in total. The number of morpholine rings is 1. The van der Waals surface area contributed by atoms with Gasteiger partial charge in [-0.05, 0) is 20.8 Å². The van der Waals surface area contributed by atoms with Crippen molar-refractivity contribution in [1.29, 1.82) is 0 Å². The van der Waals surface area contributed by atoms with Gasteiger partial charge < -0.3 is 9.47 Å². The lowest BCUT2D eigenvalue weighted by molar-refractivity contribution is -1.11. The summed E-state index contributed by atoms with van der Waals surface area (Å²) < 4.78 is 10.9. The van der Waals surface area contributed by atoms with Gasteiger partial charge in [-0.2, -0.15) is 4.65 Å². The van der Waals surface area contributed by atoms with Crippen molar-refractivity contribution in [3.05, 3.63) is 0 Å². The van der Waals surface area contributed by atoms with Gasteiger partial charge in [-0.3, -0.25) is 0 Å². The van der Waals surface area contributed by atoms with Crippen LogP contribution in [0.25, 0.3) is 0 Å². The van der Waals surface area contributed by atoms with Crippen LogP contribution in [-0.2, 0) is 9.47 Å². The molecule has 1 heterocycles. The molecule has 0 spiro atoms. The summed E-state index contributed by atoms with van der Waals surface area (Å²) in [6.45, 7) is 9.95. The van der Waals surface area contributed by atoms with Crippen molar-refractivity contribution in [2.24, 2.45) is 0 Å². The molecule has 1 saturated heterocycles. The fraction of sp³-hybridized carbons (Fsp3) is 1.00. The van der Waals surface area contributed by atoms with Gasteiger partial charge in [-0.25, -0.2) is 5.21 Å². The summed E-state index contributed by atoms with van der Waals surface area (Å²) in [5.41, 5.74) is -0.120. The van der Waals surface area contributed by atoms with Gasteiger partial charge in [0.15, 0.2) is 0 Å². The van der Waals surface area contributed by atoms with E-state index in [0.29, 0.717) is 39.5 Å². The Morgan fingerprint density at radius 2 is 1.86 bits per heavy atom. The summed E-state index contributed by atoms with van der Waals surface area (Å²) in [6, 6.07) is 0. The van der Waals surface area contributed by atoms with E-state index in [1.54, 1.807) is 0 Å². The quantitative estimate of drug-likeness (QED) is 0.698. The Bertz CT molecular complexity index is 171. The third-order valence-electron chi connectivity index (χ3n) is 2.35. The molecule has 84 valence electrons. The van der Waals surface area contributed by atoms with Gasteiger partial charge in [0.2, 0.25) is 0 Å². The molecule has 0 aliphatic carbocycles. The van der Waals surface area contributed by atoms with Gasteiger partial charge in [-0.1, -0.05) is 0 Å². The van der Waals surface area contributed by atoms with Crippen LogP contribution >= 0.6 is 0 Å². The van der Waals surface area contributed by atoms with E-state index in [2.05, 4.69) is 0 Å². The average molecular weight is 204 g/mol. The van der Waals surface area contributed by atoms with E-state index in [0.717, 1.165) is 0 Å². The zero-order valence-electron chi connectivity index (χ0n) is 9.45. The number of hydrogen-bond donors (Lipinski definition) is 1. The van der Waals surface area contributed by atoms with E-state index in [9.17, 15) is 5.21 Å². The van der Waals surface area contributed by atoms with Gasteiger partial charge in [0.05, 0.1) is 25.4 Å². The van der Waals surface area contributed by atoms with Gasteiger partial charge >= 0.3 is 0 Å². The van der Waals surface area contributed by atoms with Crippen LogP contribution in [0.4, 0.5) is 0 Å². The van der Waals surface area contributed by atoms with E-state index < -0.39 is 0 Å². The topological polar surface area (TPSA) is 38.7 Å². The Kier molecular flexibility index (Phi) is 3.89. The first-order valence-corrected chi connectivity index (χ1v) is 5.22. The van der Waals surface area contributed by atoms with E-state index >= 15 is 0 Å². The zero-order valence-corrected chi connectivity index (χ0v) is 9.45. The molecule has 0 atom stereocenters. The summed E-state index contributed by atoms with van der Waals surface area (Å²) in [5, 5.41) is 10.0. The first kappa shape index (κ1) is 11.9. The third-order valence-corrected chi connectivity index (χ3v) is 2.35. The van der Waals surface area contributed by atoms with Crippen molar-refractivity contribution in [3.63, 3.8) is 0 Å². The van der Waals surface area contributed by atoms with Crippen LogP contribution in [0.3, 0.4) is 0 Å². The molecule has 0 aromatic heterocycles. The summed E-state index contributed by atoms with van der Waals surface area (Å²) in [7, 11) is 0. The molecule has 1 rings (SSSR count). The Morgan fingerprint density at radius 1 is 1.29 bits per heavy atom. The Balaban J connectivity index is 2.22. The van der Waals surface area contributed by atoms with E-state index in [4.69, 9.17) is 9.47 Å². The molecule has 0 aromatic rings. The lowest BCUT2D eigenvalue weighted by atomic mass is 10.2. The molecular weight excluding hydrogens is 182 g/mol. The minimum atomic E-state index is -0.120. The highest BCUT2D eigenvalue weighted by molar-refractivity contribution is 4.58. The lowest BCUT2D eigenvalue weighted by Gasteiger charge is -2.34. The van der Waals surface area contributed by atoms with Crippen molar-refractivity contribution in [2.45, 2.75) is 26.4 Å². The monoisotopic (exact) mass is 204 g/mol. The first-order valence-electron chi connectivity index (χ1n) is 5.22. The Hall–Kier alpha value is -0.160. The average Bonchev–Trinajstić information content (AvgIpc) is 2.02. The second-order valence-electron chi connectivity index (χ2n) is 4.84. The molecule has 0 saturated carbocycles. The largest absolute Gasteiger partial charge is 0.370 e. The molecule has 0 radical (unpaired) electrons. The van der Waals surface area contributed by atoms with Crippen molar-refractivity contribution < 1.29 is 19.3 Å². The second-order valence-corrected chi connectivity index (χ2v) is 4.84. The molecule has 0 amide bonds. The van der Waals surface area contributed by atoms with E-state index in [1.807, 2.05) is 20.8 Å². The summed E-state index contributed by atoms with van der Waals surface area (Å²) in [5.74, 6) is 0. The number of rotatable bonds is 3. The van der Waals surface area contributed by atoms with Crippen LogP contribution in [0.15, 0.2) is 0 Å². The summed E-state index contributed by atoms with van der Waals surface area (Å²) >= 11 is 0. The molecule has 1 fully saturated rings. The molecule has 1 aliphatic rings. The second kappa shape index (κ2) is 4.57. The smallest absolute Gasteiger partial charge is 0.132 e. The fourth-order valence-corrected chi connectivity index (χ4v) is 1.43. The van der Waals surface area contributed by atoms with Crippen LogP contribution < -0.4 is 0 Å². The minimum absolute atomic E-state index is 0.0933. The van der Waals surface area contributed by atoms with Gasteiger partial charge in [-0.15, -0.1) is 0 Å². The number of ether oxygens (including phenoxy) is 2. The lowest BCUT2D eigenvalue weighted by Crippen LogP contribution is -2.54. The fourth-order valence-electron chi connectivity index (χ4n) is 1.43. The van der Waals surface area contributed by atoms with Crippen molar-refractivity contribution in [1.82, 2.24) is 0 Å². The maximum Gasteiger partial charge on any atom is 0.132 e. The molecule has 0 bridgehead atoms. The number of hydroxylamine groups is 3. The highest BCUT2D eigenvalue weighted by Gasteiger charge is 2.29. The molecule has 14 heavy (non-hydrogen) atoms. The van der Waals surface area contributed by atoms with E-state index in [-0.39, 0.29) is 10.2 Å². The van der Waals surface area contributed by atoms with Crippen LogP contribution in [0.5, 0.6) is 0 Å². The molecule has 0 unspecified atom stereocenters. The van der Waals surface area contributed by atoms with Crippen molar-refractivity contribution in [2.75, 3.05) is 39.5 Å². The molecule has 0 aromatic carbocycles. The maximum absolute atomic E-state index is 10.0. The Labute approximate surface area is 86.0 Å². The van der Waals surface area contributed by atoms with Gasteiger partial charge in [0.25, 0.3) is 0 Å². The van der Waals surface area contributed by atoms with Crippen molar-refractivity contribution >= 4 is 0 Å². The molecule has 1 aliphatic heterocycles. The third kappa shape index (κ3) is 4.37. The maximum atomic E-state index is 10.0. The number of hydrogen-bond acceptors (Lipinski definition) is 3. The van der Waals surface area contributed by atoms with E-state index in [1.165, 1.54) is 0 Å². The molecule has 4 nitrogen and oxygen atoms in total.